The van der Waals surface area contributed by atoms with E-state index in [9.17, 15) is 4.79 Å². The van der Waals surface area contributed by atoms with Crippen LogP contribution in [0.25, 0.3) is 0 Å². The maximum absolute atomic E-state index is 11.9. The number of aromatic nitrogens is 2. The summed E-state index contributed by atoms with van der Waals surface area (Å²) in [6.07, 6.45) is 6.11. The average molecular weight is 235 g/mol. The summed E-state index contributed by atoms with van der Waals surface area (Å²) in [5, 5.41) is 4.26. The second-order valence-corrected chi connectivity index (χ2v) is 5.76. The Morgan fingerprint density at radius 2 is 2.00 bits per heavy atom. The summed E-state index contributed by atoms with van der Waals surface area (Å²) < 4.78 is 1.75. The van der Waals surface area contributed by atoms with Crippen LogP contribution in [0.4, 0.5) is 0 Å². The van der Waals surface area contributed by atoms with E-state index in [4.69, 9.17) is 0 Å². The Hall–Kier alpha value is -1.32. The van der Waals surface area contributed by atoms with E-state index in [1.807, 2.05) is 17.3 Å². The standard InChI is InChI=1S/C13H21N3O/c1-13(2,3)11-8-14-16(9-11)10-12(17)15-6-4-5-7-15/h8-9H,4-7,10H2,1-3H3. The van der Waals surface area contributed by atoms with Gasteiger partial charge in [-0.15, -0.1) is 0 Å². The summed E-state index contributed by atoms with van der Waals surface area (Å²) in [7, 11) is 0. The molecule has 0 saturated carbocycles. The first kappa shape index (κ1) is 12.1. The first-order chi connectivity index (χ1) is 7.97. The highest BCUT2D eigenvalue weighted by atomic mass is 16.2. The second-order valence-electron chi connectivity index (χ2n) is 5.76. The zero-order chi connectivity index (χ0) is 12.5. The third kappa shape index (κ3) is 2.87. The Morgan fingerprint density at radius 3 is 2.53 bits per heavy atom. The van der Waals surface area contributed by atoms with Gasteiger partial charge in [0.05, 0.1) is 6.20 Å². The number of hydrogen-bond donors (Lipinski definition) is 0. The quantitative estimate of drug-likeness (QED) is 0.784. The van der Waals surface area contributed by atoms with Crippen LogP contribution in [-0.2, 0) is 16.8 Å². The molecule has 0 spiro atoms. The van der Waals surface area contributed by atoms with Gasteiger partial charge >= 0.3 is 0 Å². The molecule has 4 nitrogen and oxygen atoms in total. The van der Waals surface area contributed by atoms with E-state index in [1.54, 1.807) is 4.68 Å². The predicted molar refractivity (Wildman–Crippen MR) is 66.7 cm³/mol. The van der Waals surface area contributed by atoms with E-state index in [1.165, 1.54) is 5.56 Å². The molecule has 1 saturated heterocycles. The molecule has 1 amide bonds. The molecule has 4 heteroatoms. The van der Waals surface area contributed by atoms with Gasteiger partial charge in [0, 0.05) is 19.3 Å². The highest BCUT2D eigenvalue weighted by molar-refractivity contribution is 5.76. The topological polar surface area (TPSA) is 38.1 Å². The molecule has 1 fully saturated rings. The number of carbonyl (C=O) groups is 1. The van der Waals surface area contributed by atoms with E-state index < -0.39 is 0 Å². The molecular weight excluding hydrogens is 214 g/mol. The van der Waals surface area contributed by atoms with E-state index in [-0.39, 0.29) is 11.3 Å². The van der Waals surface area contributed by atoms with Crippen molar-refractivity contribution in [3.63, 3.8) is 0 Å². The zero-order valence-corrected chi connectivity index (χ0v) is 10.9. The van der Waals surface area contributed by atoms with Gasteiger partial charge in [-0.3, -0.25) is 9.48 Å². The fourth-order valence-electron chi connectivity index (χ4n) is 2.04. The Balaban J connectivity index is 1.99. The lowest BCUT2D eigenvalue weighted by atomic mass is 9.90. The molecule has 2 heterocycles. The summed E-state index contributed by atoms with van der Waals surface area (Å²) in [4.78, 5) is 13.9. The molecule has 0 N–H and O–H groups in total. The van der Waals surface area contributed by atoms with Gasteiger partial charge in [-0.2, -0.15) is 5.10 Å². The molecule has 0 aliphatic carbocycles. The Labute approximate surface area is 103 Å². The highest BCUT2D eigenvalue weighted by Gasteiger charge is 2.20. The lowest BCUT2D eigenvalue weighted by Crippen LogP contribution is -2.31. The summed E-state index contributed by atoms with van der Waals surface area (Å²) >= 11 is 0. The fourth-order valence-corrected chi connectivity index (χ4v) is 2.04. The van der Waals surface area contributed by atoms with Crippen LogP contribution in [0, 0.1) is 0 Å². The van der Waals surface area contributed by atoms with Gasteiger partial charge < -0.3 is 4.90 Å². The van der Waals surface area contributed by atoms with Crippen LogP contribution in [0.15, 0.2) is 12.4 Å². The van der Waals surface area contributed by atoms with Gasteiger partial charge in [-0.05, 0) is 23.8 Å². The maximum Gasteiger partial charge on any atom is 0.244 e. The highest BCUT2D eigenvalue weighted by Crippen LogP contribution is 2.21. The molecular formula is C13H21N3O. The third-order valence-electron chi connectivity index (χ3n) is 3.26. The molecule has 1 aliphatic rings. The minimum absolute atomic E-state index is 0.0922. The van der Waals surface area contributed by atoms with Gasteiger partial charge in [-0.25, -0.2) is 0 Å². The van der Waals surface area contributed by atoms with Crippen LogP contribution in [0.2, 0.25) is 0 Å². The summed E-state index contributed by atoms with van der Waals surface area (Å²) in [6.45, 7) is 8.64. The van der Waals surface area contributed by atoms with Crippen LogP contribution in [0.1, 0.15) is 39.2 Å². The average Bonchev–Trinajstić information content (AvgIpc) is 2.85. The van der Waals surface area contributed by atoms with Crippen LogP contribution in [0.3, 0.4) is 0 Å². The molecule has 0 atom stereocenters. The molecule has 0 aromatic carbocycles. The largest absolute Gasteiger partial charge is 0.341 e. The third-order valence-corrected chi connectivity index (χ3v) is 3.26. The van der Waals surface area contributed by atoms with Gasteiger partial charge in [0.15, 0.2) is 0 Å². The Morgan fingerprint density at radius 1 is 1.35 bits per heavy atom. The molecule has 2 rings (SSSR count). The Kier molecular flexibility index (Phi) is 3.22. The number of likely N-dealkylation sites (tertiary alicyclic amines) is 1. The van der Waals surface area contributed by atoms with Crippen molar-refractivity contribution in [1.29, 1.82) is 0 Å². The van der Waals surface area contributed by atoms with Gasteiger partial charge in [0.2, 0.25) is 5.91 Å². The minimum Gasteiger partial charge on any atom is -0.341 e. The van der Waals surface area contributed by atoms with Crippen molar-refractivity contribution in [2.75, 3.05) is 13.1 Å². The van der Waals surface area contributed by atoms with E-state index in [0.717, 1.165) is 25.9 Å². The lowest BCUT2D eigenvalue weighted by molar-refractivity contribution is -0.130. The number of hydrogen-bond acceptors (Lipinski definition) is 2. The monoisotopic (exact) mass is 235 g/mol. The number of nitrogens with zero attached hydrogens (tertiary/aromatic N) is 3. The minimum atomic E-state index is 0.0922. The molecule has 1 aliphatic heterocycles. The Bertz CT molecular complexity index is 397. The van der Waals surface area contributed by atoms with Crippen LogP contribution in [0.5, 0.6) is 0 Å². The molecule has 0 radical (unpaired) electrons. The predicted octanol–water partition coefficient (Wildman–Crippen LogP) is 1.80. The van der Waals surface area contributed by atoms with Crippen molar-refractivity contribution in [3.8, 4) is 0 Å². The van der Waals surface area contributed by atoms with Crippen molar-refractivity contribution in [2.24, 2.45) is 0 Å². The van der Waals surface area contributed by atoms with Crippen molar-refractivity contribution in [2.45, 2.75) is 45.6 Å². The lowest BCUT2D eigenvalue weighted by Gasteiger charge is -2.16. The van der Waals surface area contributed by atoms with E-state index in [2.05, 4.69) is 25.9 Å². The van der Waals surface area contributed by atoms with E-state index >= 15 is 0 Å². The first-order valence-corrected chi connectivity index (χ1v) is 6.27. The second kappa shape index (κ2) is 4.51. The number of amides is 1. The smallest absolute Gasteiger partial charge is 0.244 e. The molecule has 0 unspecified atom stereocenters. The molecule has 1 aromatic rings. The SMILES string of the molecule is CC(C)(C)c1cnn(CC(=O)N2CCCC2)c1. The molecule has 94 valence electrons. The normalized spacial score (nSPS) is 16.5. The van der Waals surface area contributed by atoms with Crippen LogP contribution < -0.4 is 0 Å². The summed E-state index contributed by atoms with van der Waals surface area (Å²) in [5.74, 6) is 0.186. The van der Waals surface area contributed by atoms with Crippen LogP contribution in [-0.4, -0.2) is 33.7 Å². The molecule has 17 heavy (non-hydrogen) atoms. The number of carbonyl (C=O) groups excluding carboxylic acids is 1. The van der Waals surface area contributed by atoms with Crippen molar-refractivity contribution in [3.05, 3.63) is 18.0 Å². The van der Waals surface area contributed by atoms with Gasteiger partial charge in [0.25, 0.3) is 0 Å². The first-order valence-electron chi connectivity index (χ1n) is 6.27. The molecule has 0 bridgehead atoms. The maximum atomic E-state index is 11.9. The summed E-state index contributed by atoms with van der Waals surface area (Å²) in [6, 6.07) is 0. The molecule has 1 aromatic heterocycles. The zero-order valence-electron chi connectivity index (χ0n) is 10.9. The number of rotatable bonds is 2. The van der Waals surface area contributed by atoms with E-state index in [0.29, 0.717) is 6.54 Å². The van der Waals surface area contributed by atoms with Crippen molar-refractivity contribution >= 4 is 5.91 Å². The van der Waals surface area contributed by atoms with Crippen molar-refractivity contribution < 1.29 is 4.79 Å². The van der Waals surface area contributed by atoms with Crippen LogP contribution >= 0.6 is 0 Å². The van der Waals surface area contributed by atoms with Gasteiger partial charge in [0.1, 0.15) is 6.54 Å². The van der Waals surface area contributed by atoms with Gasteiger partial charge in [-0.1, -0.05) is 20.8 Å². The summed E-state index contributed by atoms with van der Waals surface area (Å²) in [5.41, 5.74) is 1.27. The fraction of sp³-hybridized carbons (Fsp3) is 0.692. The van der Waals surface area contributed by atoms with Crippen molar-refractivity contribution in [1.82, 2.24) is 14.7 Å².